The molecule has 1 aromatic carbocycles. The first kappa shape index (κ1) is 22.4. The molecular formula is C23H19F3N7O2+. The fraction of sp³-hybridized carbons (Fsp3) is 0.217. The maximum absolute atomic E-state index is 12.8. The molecule has 0 saturated heterocycles. The standard InChI is InChI=1S/C23H18F3N7O2/c24-23(25,26)16-2-1-3-17(8-16)30-22(34)31-20-12-33(32-35-20)11-18-7-6-15(9-28-18)19-10-27-13-29-21(19)14-4-5-14/h1-3,6-10,12-14H,4-5,11H2,(H-,30,31,32,34)/p+1. The number of nitrogens with one attached hydrogen (secondary N) is 2. The van der Waals surface area contributed by atoms with Gasteiger partial charge in [-0.2, -0.15) is 13.2 Å². The number of amides is 2. The number of halogens is 3. The zero-order chi connectivity index (χ0) is 24.4. The van der Waals surface area contributed by atoms with Crippen molar-refractivity contribution in [1.29, 1.82) is 0 Å². The van der Waals surface area contributed by atoms with Crippen LogP contribution in [0.3, 0.4) is 0 Å². The van der Waals surface area contributed by atoms with Gasteiger partial charge < -0.3 is 5.32 Å². The number of nitrogens with zero attached hydrogens (tertiary/aromatic N) is 5. The quantitative estimate of drug-likeness (QED) is 0.394. The van der Waals surface area contributed by atoms with E-state index in [1.807, 2.05) is 12.1 Å². The number of carbonyl (C=O) groups excluding carboxylic acids is 1. The van der Waals surface area contributed by atoms with Gasteiger partial charge in [0.15, 0.2) is 0 Å². The Bertz CT molecular complexity index is 1350. The fourth-order valence-electron chi connectivity index (χ4n) is 3.54. The normalized spacial score (nSPS) is 13.5. The van der Waals surface area contributed by atoms with Crippen LogP contribution in [0.1, 0.15) is 35.7 Å². The van der Waals surface area contributed by atoms with Gasteiger partial charge in [0, 0.05) is 35.1 Å². The smallest absolute Gasteiger partial charge is 0.308 e. The number of benzene rings is 1. The maximum Gasteiger partial charge on any atom is 0.416 e. The van der Waals surface area contributed by atoms with Gasteiger partial charge in [-0.1, -0.05) is 12.1 Å². The Morgan fingerprint density at radius 3 is 2.71 bits per heavy atom. The van der Waals surface area contributed by atoms with E-state index in [4.69, 9.17) is 4.52 Å². The number of anilines is 2. The van der Waals surface area contributed by atoms with Gasteiger partial charge >= 0.3 is 18.1 Å². The van der Waals surface area contributed by atoms with Crippen molar-refractivity contribution < 1.29 is 27.2 Å². The lowest BCUT2D eigenvalue weighted by atomic mass is 10.0. The average molecular weight is 482 g/mol. The van der Waals surface area contributed by atoms with Crippen LogP contribution in [-0.2, 0) is 12.7 Å². The topological polar surface area (TPSA) is 110 Å². The highest BCUT2D eigenvalue weighted by atomic mass is 19.4. The Balaban J connectivity index is 1.20. The summed E-state index contributed by atoms with van der Waals surface area (Å²) in [7, 11) is 0. The molecule has 178 valence electrons. The molecule has 1 aliphatic rings. The van der Waals surface area contributed by atoms with E-state index in [-0.39, 0.29) is 18.1 Å². The predicted molar refractivity (Wildman–Crippen MR) is 117 cm³/mol. The van der Waals surface area contributed by atoms with E-state index in [9.17, 15) is 18.0 Å². The number of rotatable bonds is 6. The number of pyridine rings is 1. The van der Waals surface area contributed by atoms with Crippen molar-refractivity contribution >= 4 is 17.6 Å². The third-order valence-corrected chi connectivity index (χ3v) is 5.36. The van der Waals surface area contributed by atoms with E-state index >= 15 is 0 Å². The molecule has 3 heterocycles. The first-order valence-electron chi connectivity index (χ1n) is 10.7. The van der Waals surface area contributed by atoms with Gasteiger partial charge in [-0.3, -0.25) is 14.8 Å². The van der Waals surface area contributed by atoms with Crippen molar-refractivity contribution in [3.63, 3.8) is 0 Å². The monoisotopic (exact) mass is 482 g/mol. The van der Waals surface area contributed by atoms with Crippen molar-refractivity contribution in [3.05, 3.63) is 78.3 Å². The predicted octanol–water partition coefficient (Wildman–Crippen LogP) is 4.40. The van der Waals surface area contributed by atoms with E-state index in [0.717, 1.165) is 41.8 Å². The number of alkyl halides is 3. The lowest BCUT2D eigenvalue weighted by Crippen LogP contribution is -2.35. The summed E-state index contributed by atoms with van der Waals surface area (Å²) in [6.45, 7) is 0.279. The van der Waals surface area contributed by atoms with E-state index < -0.39 is 17.8 Å². The summed E-state index contributed by atoms with van der Waals surface area (Å²) >= 11 is 0. The largest absolute Gasteiger partial charge is 0.416 e. The number of urea groups is 1. The second-order valence-electron chi connectivity index (χ2n) is 8.06. The SMILES string of the molecule is O=C(Nc1cccc(C(F)(F)F)c1)Nc1c[n+](Cc2ccc(-c3cncnc3C3CC3)cn2)no1. The molecule has 1 fully saturated rings. The van der Waals surface area contributed by atoms with Gasteiger partial charge in [-0.05, 0) is 41.8 Å². The molecule has 4 aromatic rings. The van der Waals surface area contributed by atoms with Gasteiger partial charge in [0.05, 0.1) is 11.3 Å². The molecule has 2 amide bonds. The molecule has 1 saturated carbocycles. The van der Waals surface area contributed by atoms with Crippen molar-refractivity contribution in [2.75, 3.05) is 10.6 Å². The average Bonchev–Trinajstić information content (AvgIpc) is 3.60. The number of hydrogen-bond donors (Lipinski definition) is 2. The number of aromatic nitrogens is 5. The van der Waals surface area contributed by atoms with Crippen LogP contribution in [0.15, 0.2) is 65.8 Å². The third kappa shape index (κ3) is 5.42. The van der Waals surface area contributed by atoms with Crippen molar-refractivity contribution in [1.82, 2.24) is 20.2 Å². The molecule has 1 aliphatic carbocycles. The van der Waals surface area contributed by atoms with E-state index in [1.165, 1.54) is 23.0 Å². The number of hydrogen-bond acceptors (Lipinski definition) is 6. The van der Waals surface area contributed by atoms with Gasteiger partial charge in [0.2, 0.25) is 11.8 Å². The molecule has 35 heavy (non-hydrogen) atoms. The summed E-state index contributed by atoms with van der Waals surface area (Å²) in [5.74, 6) is 0.497. The molecule has 0 bridgehead atoms. The summed E-state index contributed by atoms with van der Waals surface area (Å²) in [5, 5.41) is 8.56. The molecule has 0 aliphatic heterocycles. The Morgan fingerprint density at radius 2 is 1.97 bits per heavy atom. The summed E-state index contributed by atoms with van der Waals surface area (Å²) < 4.78 is 45.0. The second-order valence-corrected chi connectivity index (χ2v) is 8.06. The molecule has 0 radical (unpaired) electrons. The van der Waals surface area contributed by atoms with E-state index in [2.05, 4.69) is 30.9 Å². The first-order valence-corrected chi connectivity index (χ1v) is 10.7. The highest BCUT2D eigenvalue weighted by molar-refractivity contribution is 5.98. The minimum absolute atomic E-state index is 0.0114. The van der Waals surface area contributed by atoms with E-state index in [1.54, 1.807) is 18.7 Å². The Hall–Kier alpha value is -4.35. The molecule has 5 rings (SSSR count). The molecule has 0 spiro atoms. The Morgan fingerprint density at radius 1 is 1.11 bits per heavy atom. The first-order chi connectivity index (χ1) is 16.8. The third-order valence-electron chi connectivity index (χ3n) is 5.36. The zero-order valence-electron chi connectivity index (χ0n) is 18.2. The van der Waals surface area contributed by atoms with Crippen LogP contribution in [0.4, 0.5) is 29.5 Å². The summed E-state index contributed by atoms with van der Waals surface area (Å²) in [5.41, 5.74) is 2.77. The number of carbonyl (C=O) groups is 1. The highest BCUT2D eigenvalue weighted by Gasteiger charge is 2.30. The molecule has 0 atom stereocenters. The lowest BCUT2D eigenvalue weighted by molar-refractivity contribution is -0.755. The van der Waals surface area contributed by atoms with Crippen LogP contribution in [0, 0.1) is 0 Å². The van der Waals surface area contributed by atoms with Gasteiger partial charge in [0.1, 0.15) is 12.0 Å². The molecule has 12 heteroatoms. The Labute approximate surface area is 197 Å². The van der Waals surface area contributed by atoms with Gasteiger partial charge in [0.25, 0.3) is 6.20 Å². The Kier molecular flexibility index (Phi) is 5.85. The van der Waals surface area contributed by atoms with Crippen LogP contribution >= 0.6 is 0 Å². The summed E-state index contributed by atoms with van der Waals surface area (Å²) in [6, 6.07) is 7.33. The van der Waals surface area contributed by atoms with Crippen LogP contribution < -0.4 is 15.3 Å². The zero-order valence-corrected chi connectivity index (χ0v) is 18.2. The van der Waals surface area contributed by atoms with E-state index in [0.29, 0.717) is 11.6 Å². The summed E-state index contributed by atoms with van der Waals surface area (Å²) in [6.07, 6.45) is 4.31. The van der Waals surface area contributed by atoms with Gasteiger partial charge in [-0.25, -0.2) is 14.8 Å². The lowest BCUT2D eigenvalue weighted by Gasteiger charge is -2.09. The van der Waals surface area contributed by atoms with Crippen LogP contribution in [0.5, 0.6) is 0 Å². The van der Waals surface area contributed by atoms with Crippen molar-refractivity contribution in [2.45, 2.75) is 31.5 Å². The highest BCUT2D eigenvalue weighted by Crippen LogP contribution is 2.42. The molecule has 0 unspecified atom stereocenters. The maximum atomic E-state index is 12.8. The fourth-order valence-corrected chi connectivity index (χ4v) is 3.54. The molecule has 9 nitrogen and oxygen atoms in total. The summed E-state index contributed by atoms with van der Waals surface area (Å²) in [4.78, 5) is 25.2. The van der Waals surface area contributed by atoms with Gasteiger partial charge in [-0.15, -0.1) is 0 Å². The van der Waals surface area contributed by atoms with Crippen molar-refractivity contribution in [2.24, 2.45) is 0 Å². The molecular weight excluding hydrogens is 463 g/mol. The second kappa shape index (κ2) is 9.12. The minimum Gasteiger partial charge on any atom is -0.308 e. The minimum atomic E-state index is -4.51. The van der Waals surface area contributed by atoms with Crippen LogP contribution in [-0.4, -0.2) is 26.3 Å². The van der Waals surface area contributed by atoms with Crippen LogP contribution in [0.25, 0.3) is 11.1 Å². The molecule has 3 aromatic heterocycles. The van der Waals surface area contributed by atoms with Crippen LogP contribution in [0.2, 0.25) is 0 Å². The van der Waals surface area contributed by atoms with Crippen molar-refractivity contribution in [3.8, 4) is 11.1 Å². The molecule has 2 N–H and O–H groups in total.